The average Bonchev–Trinajstić information content (AvgIpc) is 2.65. The summed E-state index contributed by atoms with van der Waals surface area (Å²) in [7, 11) is 0. The fraction of sp³-hybridized carbons (Fsp3) is 0.381. The summed E-state index contributed by atoms with van der Waals surface area (Å²) in [4.78, 5) is 15.0. The van der Waals surface area contributed by atoms with Crippen LogP contribution in [0.2, 0.25) is 10.0 Å². The molecule has 1 aliphatic rings. The molecule has 6 heteroatoms. The quantitative estimate of drug-likeness (QED) is 0.786. The first-order chi connectivity index (χ1) is 13.0. The molecule has 0 aromatic heterocycles. The van der Waals surface area contributed by atoms with Crippen LogP contribution in [0.15, 0.2) is 42.5 Å². The molecule has 0 radical (unpaired) electrons. The van der Waals surface area contributed by atoms with Gasteiger partial charge in [0.15, 0.2) is 0 Å². The van der Waals surface area contributed by atoms with E-state index in [-0.39, 0.29) is 18.4 Å². The van der Waals surface area contributed by atoms with Crippen LogP contribution in [0.4, 0.5) is 0 Å². The van der Waals surface area contributed by atoms with Crippen LogP contribution in [0.5, 0.6) is 0 Å². The number of carbonyl (C=O) groups is 1. The van der Waals surface area contributed by atoms with Gasteiger partial charge in [-0.2, -0.15) is 0 Å². The van der Waals surface area contributed by atoms with E-state index in [4.69, 9.17) is 27.9 Å². The van der Waals surface area contributed by atoms with E-state index in [0.717, 1.165) is 44.0 Å². The van der Waals surface area contributed by atoms with Gasteiger partial charge in [0, 0.05) is 29.7 Å². The van der Waals surface area contributed by atoms with Gasteiger partial charge in [-0.05, 0) is 30.2 Å². The van der Waals surface area contributed by atoms with Crippen LogP contribution in [0.25, 0.3) is 0 Å². The smallest absolute Gasteiger partial charge is 0.225 e. The number of nitrogens with one attached hydrogen (secondary N) is 1. The van der Waals surface area contributed by atoms with Crippen LogP contribution in [-0.2, 0) is 16.0 Å². The number of nitrogens with zero attached hydrogens (tertiary/aromatic N) is 1. The second kappa shape index (κ2) is 9.56. The van der Waals surface area contributed by atoms with Gasteiger partial charge in [0.1, 0.15) is 0 Å². The molecule has 0 aliphatic carbocycles. The van der Waals surface area contributed by atoms with Crippen molar-refractivity contribution in [1.82, 2.24) is 10.2 Å². The molecular formula is C21H24Cl2N2O2. The van der Waals surface area contributed by atoms with E-state index >= 15 is 0 Å². The maximum atomic E-state index is 12.7. The number of amides is 1. The fourth-order valence-electron chi connectivity index (χ4n) is 3.16. The zero-order valence-corrected chi connectivity index (χ0v) is 16.9. The SMILES string of the molecule is Cc1ccc([C@@H](CN2CCOCC2)NC(=O)Cc2ccc(Cl)cc2Cl)cc1. The van der Waals surface area contributed by atoms with Crippen LogP contribution in [0, 0.1) is 6.92 Å². The molecule has 1 fully saturated rings. The summed E-state index contributed by atoms with van der Waals surface area (Å²) < 4.78 is 5.43. The van der Waals surface area contributed by atoms with Crippen LogP contribution >= 0.6 is 23.2 Å². The molecule has 3 rings (SSSR count). The van der Waals surface area contributed by atoms with Gasteiger partial charge in [-0.1, -0.05) is 59.1 Å². The lowest BCUT2D eigenvalue weighted by Crippen LogP contribution is -2.43. The van der Waals surface area contributed by atoms with Gasteiger partial charge >= 0.3 is 0 Å². The van der Waals surface area contributed by atoms with E-state index in [2.05, 4.69) is 41.4 Å². The van der Waals surface area contributed by atoms with Gasteiger partial charge in [-0.3, -0.25) is 9.69 Å². The lowest BCUT2D eigenvalue weighted by Gasteiger charge is -2.31. The molecule has 0 saturated carbocycles. The highest BCUT2D eigenvalue weighted by molar-refractivity contribution is 6.35. The number of ether oxygens (including phenoxy) is 1. The molecule has 1 N–H and O–H groups in total. The Balaban J connectivity index is 1.71. The van der Waals surface area contributed by atoms with E-state index in [1.807, 2.05) is 0 Å². The van der Waals surface area contributed by atoms with Gasteiger partial charge in [0.2, 0.25) is 5.91 Å². The highest BCUT2D eigenvalue weighted by Gasteiger charge is 2.20. The monoisotopic (exact) mass is 406 g/mol. The van der Waals surface area contributed by atoms with Crippen LogP contribution in [0.1, 0.15) is 22.7 Å². The summed E-state index contributed by atoms with van der Waals surface area (Å²) in [5.74, 6) is -0.0574. The molecule has 4 nitrogen and oxygen atoms in total. The molecule has 2 aromatic carbocycles. The van der Waals surface area contributed by atoms with Gasteiger partial charge in [0.25, 0.3) is 0 Å². The van der Waals surface area contributed by atoms with Gasteiger partial charge in [-0.25, -0.2) is 0 Å². The Labute approximate surface area is 170 Å². The molecule has 0 bridgehead atoms. The Morgan fingerprint density at radius 3 is 2.52 bits per heavy atom. The Hall–Kier alpha value is -1.59. The molecule has 1 saturated heterocycles. The Bertz CT molecular complexity index is 774. The highest BCUT2D eigenvalue weighted by atomic mass is 35.5. The molecule has 0 unspecified atom stereocenters. The van der Waals surface area contributed by atoms with Crippen molar-refractivity contribution in [3.8, 4) is 0 Å². The van der Waals surface area contributed by atoms with Crippen molar-refractivity contribution in [2.24, 2.45) is 0 Å². The fourth-order valence-corrected chi connectivity index (χ4v) is 3.63. The van der Waals surface area contributed by atoms with Gasteiger partial charge in [-0.15, -0.1) is 0 Å². The molecular weight excluding hydrogens is 383 g/mol. The number of carbonyl (C=O) groups excluding carboxylic acids is 1. The normalized spacial score (nSPS) is 16.1. The van der Waals surface area contributed by atoms with E-state index in [1.54, 1.807) is 18.2 Å². The second-order valence-electron chi connectivity index (χ2n) is 6.86. The number of morpholine rings is 1. The molecule has 1 heterocycles. The number of hydrogen-bond acceptors (Lipinski definition) is 3. The standard InChI is InChI=1S/C21H24Cl2N2O2/c1-15-2-4-16(5-3-15)20(14-25-8-10-27-11-9-25)24-21(26)12-17-6-7-18(22)13-19(17)23/h2-7,13,20H,8-12,14H2,1H3,(H,24,26)/t20-/m1/s1. The summed E-state index contributed by atoms with van der Waals surface area (Å²) in [6, 6.07) is 13.4. The summed E-state index contributed by atoms with van der Waals surface area (Å²) in [6.07, 6.45) is 0.224. The maximum absolute atomic E-state index is 12.7. The Morgan fingerprint density at radius 2 is 1.85 bits per heavy atom. The van der Waals surface area contributed by atoms with Gasteiger partial charge < -0.3 is 10.1 Å². The molecule has 1 amide bonds. The third-order valence-corrected chi connectivity index (χ3v) is 5.31. The van der Waals surface area contributed by atoms with Gasteiger partial charge in [0.05, 0.1) is 25.7 Å². The van der Waals surface area contributed by atoms with Crippen molar-refractivity contribution in [2.75, 3.05) is 32.8 Å². The topological polar surface area (TPSA) is 41.6 Å². The number of aryl methyl sites for hydroxylation is 1. The van der Waals surface area contributed by atoms with E-state index < -0.39 is 0 Å². The molecule has 2 aromatic rings. The van der Waals surface area contributed by atoms with Crippen molar-refractivity contribution in [3.05, 3.63) is 69.2 Å². The highest BCUT2D eigenvalue weighted by Crippen LogP contribution is 2.22. The minimum Gasteiger partial charge on any atom is -0.379 e. The van der Waals surface area contributed by atoms with Crippen molar-refractivity contribution < 1.29 is 9.53 Å². The third kappa shape index (κ3) is 5.94. The van der Waals surface area contributed by atoms with Crippen LogP contribution in [-0.4, -0.2) is 43.7 Å². The molecule has 27 heavy (non-hydrogen) atoms. The zero-order chi connectivity index (χ0) is 19.2. The summed E-state index contributed by atoms with van der Waals surface area (Å²) in [6.45, 7) is 6.03. The lowest BCUT2D eigenvalue weighted by atomic mass is 10.0. The van der Waals surface area contributed by atoms with Crippen molar-refractivity contribution in [2.45, 2.75) is 19.4 Å². The number of halogens is 2. The van der Waals surface area contributed by atoms with Crippen molar-refractivity contribution in [3.63, 3.8) is 0 Å². The van der Waals surface area contributed by atoms with Crippen molar-refractivity contribution in [1.29, 1.82) is 0 Å². The molecule has 144 valence electrons. The molecule has 1 aliphatic heterocycles. The first-order valence-electron chi connectivity index (χ1n) is 9.11. The van der Waals surface area contributed by atoms with Crippen LogP contribution < -0.4 is 5.32 Å². The zero-order valence-electron chi connectivity index (χ0n) is 15.4. The molecule has 0 spiro atoms. The van der Waals surface area contributed by atoms with E-state index in [0.29, 0.717) is 10.0 Å². The third-order valence-electron chi connectivity index (χ3n) is 4.73. The van der Waals surface area contributed by atoms with Crippen LogP contribution in [0.3, 0.4) is 0 Å². The predicted octanol–water partition coefficient (Wildman–Crippen LogP) is 4.03. The number of rotatable bonds is 6. The summed E-state index contributed by atoms with van der Waals surface area (Å²) in [5, 5.41) is 4.25. The lowest BCUT2D eigenvalue weighted by molar-refractivity contribution is -0.121. The largest absolute Gasteiger partial charge is 0.379 e. The first-order valence-corrected chi connectivity index (χ1v) is 9.87. The summed E-state index contributed by atoms with van der Waals surface area (Å²) in [5.41, 5.74) is 3.07. The molecule has 1 atom stereocenters. The first kappa shape index (κ1) is 20.2. The summed E-state index contributed by atoms with van der Waals surface area (Å²) >= 11 is 12.2. The second-order valence-corrected chi connectivity index (χ2v) is 7.70. The number of hydrogen-bond donors (Lipinski definition) is 1. The Kier molecular flexibility index (Phi) is 7.13. The minimum absolute atomic E-state index is 0.0574. The van der Waals surface area contributed by atoms with E-state index in [1.165, 1.54) is 5.56 Å². The minimum atomic E-state index is -0.0812. The average molecular weight is 407 g/mol. The van der Waals surface area contributed by atoms with E-state index in [9.17, 15) is 4.79 Å². The maximum Gasteiger partial charge on any atom is 0.225 e. The Morgan fingerprint density at radius 1 is 1.15 bits per heavy atom. The predicted molar refractivity (Wildman–Crippen MR) is 109 cm³/mol. The van der Waals surface area contributed by atoms with Crippen molar-refractivity contribution >= 4 is 29.1 Å². The number of benzene rings is 2.